The first kappa shape index (κ1) is 14.8. The van der Waals surface area contributed by atoms with Crippen LogP contribution in [0.1, 0.15) is 46.0 Å². The molecule has 1 aromatic rings. The summed E-state index contributed by atoms with van der Waals surface area (Å²) in [5.74, 6) is 1.71. The molecule has 1 saturated heterocycles. The van der Waals surface area contributed by atoms with Crippen molar-refractivity contribution in [1.82, 2.24) is 10.3 Å². The van der Waals surface area contributed by atoms with Crippen LogP contribution in [-0.2, 0) is 0 Å². The van der Waals surface area contributed by atoms with Crippen molar-refractivity contribution in [3.8, 4) is 0 Å². The van der Waals surface area contributed by atoms with E-state index < -0.39 is 0 Å². The van der Waals surface area contributed by atoms with Gasteiger partial charge in [-0.2, -0.15) is 0 Å². The van der Waals surface area contributed by atoms with Crippen molar-refractivity contribution < 1.29 is 0 Å². The van der Waals surface area contributed by atoms with E-state index in [9.17, 15) is 0 Å². The molecule has 116 valence electrons. The molecule has 3 atom stereocenters. The lowest BCUT2D eigenvalue weighted by Crippen LogP contribution is -2.50. The molecule has 21 heavy (non-hydrogen) atoms. The number of anilines is 1. The molecule has 2 heterocycles. The summed E-state index contributed by atoms with van der Waals surface area (Å²) in [5.41, 5.74) is 1.32. The van der Waals surface area contributed by atoms with Gasteiger partial charge >= 0.3 is 0 Å². The Morgan fingerprint density at radius 1 is 1.05 bits per heavy atom. The second-order valence-electron chi connectivity index (χ2n) is 7.01. The Kier molecular flexibility index (Phi) is 4.79. The van der Waals surface area contributed by atoms with Gasteiger partial charge in [0.25, 0.3) is 0 Å². The average Bonchev–Trinajstić information content (AvgIpc) is 2.53. The number of hydrogen-bond acceptors (Lipinski definition) is 3. The third-order valence-corrected chi connectivity index (χ3v) is 5.68. The summed E-state index contributed by atoms with van der Waals surface area (Å²) < 4.78 is 0. The Bertz CT molecular complexity index is 425. The van der Waals surface area contributed by atoms with E-state index in [1.807, 2.05) is 12.4 Å². The van der Waals surface area contributed by atoms with Crippen molar-refractivity contribution in [1.29, 1.82) is 0 Å². The first-order valence-corrected chi connectivity index (χ1v) is 8.65. The normalized spacial score (nSPS) is 31.3. The van der Waals surface area contributed by atoms with Crippen molar-refractivity contribution in [2.24, 2.45) is 11.8 Å². The van der Waals surface area contributed by atoms with E-state index in [1.165, 1.54) is 50.9 Å². The largest absolute Gasteiger partial charge is 0.371 e. The molecule has 0 aromatic carbocycles. The lowest BCUT2D eigenvalue weighted by Gasteiger charge is -2.40. The van der Waals surface area contributed by atoms with Crippen LogP contribution in [0.5, 0.6) is 0 Å². The fourth-order valence-corrected chi connectivity index (χ4v) is 3.98. The third kappa shape index (κ3) is 3.57. The SMILES string of the molecule is CC1CCCC(NC2CCN(c3ccncc3)CC2)C1C. The Morgan fingerprint density at radius 3 is 2.48 bits per heavy atom. The first-order valence-electron chi connectivity index (χ1n) is 8.65. The van der Waals surface area contributed by atoms with E-state index >= 15 is 0 Å². The highest BCUT2D eigenvalue weighted by Gasteiger charge is 2.29. The van der Waals surface area contributed by atoms with E-state index in [0.29, 0.717) is 6.04 Å². The number of rotatable bonds is 3. The minimum absolute atomic E-state index is 0.709. The zero-order valence-corrected chi connectivity index (χ0v) is 13.5. The van der Waals surface area contributed by atoms with E-state index in [0.717, 1.165) is 17.9 Å². The van der Waals surface area contributed by atoms with Gasteiger partial charge in [-0.3, -0.25) is 4.98 Å². The smallest absolute Gasteiger partial charge is 0.0397 e. The van der Waals surface area contributed by atoms with Crippen LogP contribution in [0.2, 0.25) is 0 Å². The maximum absolute atomic E-state index is 4.11. The second-order valence-corrected chi connectivity index (χ2v) is 7.01. The van der Waals surface area contributed by atoms with Crippen LogP contribution in [-0.4, -0.2) is 30.2 Å². The predicted octanol–water partition coefficient (Wildman–Crippen LogP) is 3.46. The Morgan fingerprint density at radius 2 is 1.76 bits per heavy atom. The van der Waals surface area contributed by atoms with Crippen LogP contribution in [0.25, 0.3) is 0 Å². The van der Waals surface area contributed by atoms with Crippen LogP contribution < -0.4 is 10.2 Å². The van der Waals surface area contributed by atoms with Crippen LogP contribution in [0.15, 0.2) is 24.5 Å². The monoisotopic (exact) mass is 287 g/mol. The molecule has 3 nitrogen and oxygen atoms in total. The van der Waals surface area contributed by atoms with Crippen molar-refractivity contribution in [2.45, 2.75) is 58.0 Å². The van der Waals surface area contributed by atoms with Gasteiger partial charge in [-0.05, 0) is 43.2 Å². The summed E-state index contributed by atoms with van der Waals surface area (Å²) in [4.78, 5) is 6.60. The van der Waals surface area contributed by atoms with E-state index in [4.69, 9.17) is 0 Å². The summed E-state index contributed by atoms with van der Waals surface area (Å²) >= 11 is 0. The molecule has 0 radical (unpaired) electrons. The van der Waals surface area contributed by atoms with Crippen LogP contribution in [0.3, 0.4) is 0 Å². The minimum Gasteiger partial charge on any atom is -0.371 e. The van der Waals surface area contributed by atoms with Gasteiger partial charge < -0.3 is 10.2 Å². The quantitative estimate of drug-likeness (QED) is 0.922. The Balaban J connectivity index is 1.50. The lowest BCUT2D eigenvalue weighted by molar-refractivity contribution is 0.186. The summed E-state index contributed by atoms with van der Waals surface area (Å²) in [7, 11) is 0. The number of aromatic nitrogens is 1. The van der Waals surface area contributed by atoms with E-state index in [2.05, 4.69) is 41.2 Å². The van der Waals surface area contributed by atoms with E-state index in [-0.39, 0.29) is 0 Å². The molecule has 0 spiro atoms. The van der Waals surface area contributed by atoms with Crippen LogP contribution >= 0.6 is 0 Å². The zero-order valence-electron chi connectivity index (χ0n) is 13.5. The fourth-order valence-electron chi connectivity index (χ4n) is 3.98. The molecule has 1 aliphatic carbocycles. The van der Waals surface area contributed by atoms with Gasteiger partial charge in [0.1, 0.15) is 0 Å². The van der Waals surface area contributed by atoms with Crippen LogP contribution in [0, 0.1) is 11.8 Å². The van der Waals surface area contributed by atoms with E-state index in [1.54, 1.807) is 0 Å². The molecular weight excluding hydrogens is 258 g/mol. The van der Waals surface area contributed by atoms with Gasteiger partial charge in [0.2, 0.25) is 0 Å². The van der Waals surface area contributed by atoms with Gasteiger partial charge in [0.05, 0.1) is 0 Å². The molecule has 1 aliphatic heterocycles. The molecule has 1 aromatic heterocycles. The molecule has 1 saturated carbocycles. The molecule has 3 unspecified atom stereocenters. The summed E-state index contributed by atoms with van der Waals surface area (Å²) in [5, 5.41) is 3.97. The fraction of sp³-hybridized carbons (Fsp3) is 0.722. The molecule has 2 fully saturated rings. The maximum Gasteiger partial charge on any atom is 0.0397 e. The molecule has 0 bridgehead atoms. The molecule has 3 heteroatoms. The highest BCUT2D eigenvalue weighted by Crippen LogP contribution is 2.30. The first-order chi connectivity index (χ1) is 10.2. The molecule has 0 amide bonds. The highest BCUT2D eigenvalue weighted by atomic mass is 15.2. The zero-order chi connectivity index (χ0) is 14.7. The lowest BCUT2D eigenvalue weighted by atomic mass is 9.77. The van der Waals surface area contributed by atoms with Gasteiger partial charge in [0.15, 0.2) is 0 Å². The molecular formula is C18H29N3. The number of nitrogens with zero attached hydrogens (tertiary/aromatic N) is 2. The maximum atomic E-state index is 4.11. The second kappa shape index (κ2) is 6.78. The van der Waals surface area contributed by atoms with Gasteiger partial charge in [-0.15, -0.1) is 0 Å². The summed E-state index contributed by atoms with van der Waals surface area (Å²) in [6, 6.07) is 5.70. The number of pyridine rings is 1. The van der Waals surface area contributed by atoms with Crippen molar-refractivity contribution in [3.63, 3.8) is 0 Å². The minimum atomic E-state index is 0.709. The third-order valence-electron chi connectivity index (χ3n) is 5.68. The Labute approximate surface area is 129 Å². The van der Waals surface area contributed by atoms with Gasteiger partial charge in [-0.25, -0.2) is 0 Å². The molecule has 1 N–H and O–H groups in total. The standard InChI is InChI=1S/C18H29N3/c1-14-4-3-5-18(15(14)2)20-16-8-12-21(13-9-16)17-6-10-19-11-7-17/h6-7,10-11,14-16,18,20H,3-5,8-9,12-13H2,1-2H3. The molecule has 2 aliphatic rings. The van der Waals surface area contributed by atoms with Crippen molar-refractivity contribution >= 4 is 5.69 Å². The van der Waals surface area contributed by atoms with Gasteiger partial charge in [0, 0.05) is 43.3 Å². The topological polar surface area (TPSA) is 28.2 Å². The highest BCUT2D eigenvalue weighted by molar-refractivity contribution is 5.44. The van der Waals surface area contributed by atoms with Crippen LogP contribution in [0.4, 0.5) is 5.69 Å². The van der Waals surface area contributed by atoms with Crippen molar-refractivity contribution in [2.75, 3.05) is 18.0 Å². The average molecular weight is 287 g/mol. The number of hydrogen-bond donors (Lipinski definition) is 1. The number of nitrogens with one attached hydrogen (secondary N) is 1. The summed E-state index contributed by atoms with van der Waals surface area (Å²) in [6.45, 7) is 7.19. The molecule has 3 rings (SSSR count). The predicted molar refractivity (Wildman–Crippen MR) is 88.6 cm³/mol. The number of piperidine rings is 1. The Hall–Kier alpha value is -1.09. The van der Waals surface area contributed by atoms with Crippen molar-refractivity contribution in [3.05, 3.63) is 24.5 Å². The summed E-state index contributed by atoms with van der Waals surface area (Å²) in [6.07, 6.45) is 10.5. The van der Waals surface area contributed by atoms with Gasteiger partial charge in [-0.1, -0.05) is 26.7 Å².